The van der Waals surface area contributed by atoms with Crippen molar-refractivity contribution in [1.82, 2.24) is 9.80 Å². The molecule has 0 aromatic heterocycles. The molecule has 1 amide bonds. The van der Waals surface area contributed by atoms with Crippen LogP contribution < -0.4 is 5.46 Å². The van der Waals surface area contributed by atoms with Crippen LogP contribution in [0.4, 0.5) is 13.2 Å². The van der Waals surface area contributed by atoms with Gasteiger partial charge in [-0.1, -0.05) is 48.5 Å². The lowest BCUT2D eigenvalue weighted by molar-refractivity contribution is -0.157. The van der Waals surface area contributed by atoms with Crippen molar-refractivity contribution in [3.63, 3.8) is 0 Å². The summed E-state index contributed by atoms with van der Waals surface area (Å²) in [7, 11) is -0.407. The summed E-state index contributed by atoms with van der Waals surface area (Å²) in [4.78, 5) is 15.1. The molecule has 5 nitrogen and oxygen atoms in total. The summed E-state index contributed by atoms with van der Waals surface area (Å²) in [6.07, 6.45) is -4.29. The predicted molar refractivity (Wildman–Crippen MR) is 126 cm³/mol. The third-order valence-corrected chi connectivity index (χ3v) is 6.90. The average Bonchev–Trinajstić information content (AvgIpc) is 2.97. The van der Waals surface area contributed by atoms with Gasteiger partial charge >= 0.3 is 13.3 Å². The highest BCUT2D eigenvalue weighted by atomic mass is 19.4. The Morgan fingerprint density at radius 2 is 1.41 bits per heavy atom. The van der Waals surface area contributed by atoms with Gasteiger partial charge in [-0.05, 0) is 49.8 Å². The average molecular weight is 474 g/mol. The molecule has 2 aromatic rings. The lowest BCUT2D eigenvalue weighted by Gasteiger charge is -2.34. The van der Waals surface area contributed by atoms with Crippen molar-refractivity contribution in [2.24, 2.45) is 0 Å². The number of piperazine rings is 1. The number of nitrogens with zero attached hydrogens (tertiary/aromatic N) is 2. The zero-order valence-corrected chi connectivity index (χ0v) is 20.0. The normalized spacial score (nSPS) is 20.7. The molecule has 0 bridgehead atoms. The van der Waals surface area contributed by atoms with Gasteiger partial charge in [-0.3, -0.25) is 9.69 Å². The molecule has 2 heterocycles. The van der Waals surface area contributed by atoms with E-state index in [2.05, 4.69) is 0 Å². The van der Waals surface area contributed by atoms with E-state index in [4.69, 9.17) is 9.31 Å². The lowest BCUT2D eigenvalue weighted by Crippen LogP contribution is -2.52. The Kier molecular flexibility index (Phi) is 6.57. The first-order valence-corrected chi connectivity index (χ1v) is 11.4. The summed E-state index contributed by atoms with van der Waals surface area (Å²) in [5.41, 5.74) is 3.20. The van der Waals surface area contributed by atoms with E-state index in [-0.39, 0.29) is 25.5 Å². The van der Waals surface area contributed by atoms with Crippen LogP contribution in [-0.4, -0.2) is 66.4 Å². The van der Waals surface area contributed by atoms with Gasteiger partial charge in [0.2, 0.25) is 5.91 Å². The monoisotopic (exact) mass is 474 g/mol. The Labute approximate surface area is 199 Å². The van der Waals surface area contributed by atoms with Crippen molar-refractivity contribution in [1.29, 1.82) is 0 Å². The summed E-state index contributed by atoms with van der Waals surface area (Å²) in [5.74, 6) is -0.280. The molecular formula is C25H30BF3N2O3. The van der Waals surface area contributed by atoms with E-state index in [9.17, 15) is 18.0 Å². The molecule has 0 aliphatic carbocycles. The molecule has 182 valence electrons. The minimum absolute atomic E-state index is 0.202. The van der Waals surface area contributed by atoms with Crippen molar-refractivity contribution in [3.8, 4) is 11.1 Å². The van der Waals surface area contributed by atoms with E-state index in [0.717, 1.165) is 27.1 Å². The van der Waals surface area contributed by atoms with Gasteiger partial charge in [-0.25, -0.2) is 0 Å². The van der Waals surface area contributed by atoms with Crippen LogP contribution in [-0.2, 0) is 20.6 Å². The van der Waals surface area contributed by atoms with Gasteiger partial charge in [0.15, 0.2) is 0 Å². The number of benzene rings is 2. The third-order valence-electron chi connectivity index (χ3n) is 6.90. The maximum Gasteiger partial charge on any atom is 0.494 e. The first kappa shape index (κ1) is 24.8. The standard InChI is InChI=1S/C25H30BF3N2O3/c1-23(2)24(3,4)34-26(33-23)21-11-9-20(10-12-21)19-7-5-18(6-8-19)15-31-14-13-30(16-22(31)32)17-25(27,28)29/h5-12H,13-17H2,1-4H3. The van der Waals surface area contributed by atoms with Crippen molar-refractivity contribution < 1.29 is 27.3 Å². The molecule has 0 unspecified atom stereocenters. The number of carbonyl (C=O) groups excluding carboxylic acids is 1. The topological polar surface area (TPSA) is 42.0 Å². The van der Waals surface area contributed by atoms with Crippen LogP contribution in [0.15, 0.2) is 48.5 Å². The Bertz CT molecular complexity index is 1010. The summed E-state index contributed by atoms with van der Waals surface area (Å²) < 4.78 is 49.9. The Morgan fingerprint density at radius 3 is 1.91 bits per heavy atom. The smallest absolute Gasteiger partial charge is 0.399 e. The fraction of sp³-hybridized carbons (Fsp3) is 0.480. The summed E-state index contributed by atoms with van der Waals surface area (Å²) in [6.45, 7) is 7.76. The Hall–Kier alpha value is -2.36. The van der Waals surface area contributed by atoms with Gasteiger partial charge in [0.05, 0.1) is 24.3 Å². The van der Waals surface area contributed by atoms with E-state index in [1.54, 1.807) is 4.90 Å². The summed E-state index contributed by atoms with van der Waals surface area (Å²) in [6, 6.07) is 15.9. The second kappa shape index (κ2) is 9.02. The molecule has 0 saturated carbocycles. The Morgan fingerprint density at radius 1 is 0.882 bits per heavy atom. The largest absolute Gasteiger partial charge is 0.494 e. The van der Waals surface area contributed by atoms with Crippen molar-refractivity contribution in [3.05, 3.63) is 54.1 Å². The number of hydrogen-bond acceptors (Lipinski definition) is 4. The number of amides is 1. The molecule has 2 aromatic carbocycles. The van der Waals surface area contributed by atoms with Crippen molar-refractivity contribution >= 4 is 18.5 Å². The molecule has 34 heavy (non-hydrogen) atoms. The minimum atomic E-state index is -4.29. The Balaban J connectivity index is 1.36. The second-order valence-corrected chi connectivity index (χ2v) is 10.0. The summed E-state index contributed by atoms with van der Waals surface area (Å²) >= 11 is 0. The highest BCUT2D eigenvalue weighted by Gasteiger charge is 2.51. The second-order valence-electron chi connectivity index (χ2n) is 10.0. The molecule has 2 saturated heterocycles. The van der Waals surface area contributed by atoms with E-state index >= 15 is 0 Å². The maximum absolute atomic E-state index is 12.6. The van der Waals surface area contributed by atoms with E-state index in [1.807, 2.05) is 76.2 Å². The maximum atomic E-state index is 12.6. The molecule has 4 rings (SSSR count). The van der Waals surface area contributed by atoms with Crippen LogP contribution in [0.5, 0.6) is 0 Å². The molecule has 0 spiro atoms. The van der Waals surface area contributed by atoms with Crippen LogP contribution in [0.2, 0.25) is 0 Å². The van der Waals surface area contributed by atoms with E-state index in [0.29, 0.717) is 6.54 Å². The first-order valence-electron chi connectivity index (χ1n) is 11.4. The number of hydrogen-bond donors (Lipinski definition) is 0. The van der Waals surface area contributed by atoms with E-state index < -0.39 is 31.0 Å². The van der Waals surface area contributed by atoms with Gasteiger partial charge in [0.25, 0.3) is 0 Å². The number of alkyl halides is 3. The zero-order chi connectivity index (χ0) is 24.7. The van der Waals surface area contributed by atoms with Gasteiger partial charge in [-0.2, -0.15) is 13.2 Å². The highest BCUT2D eigenvalue weighted by Crippen LogP contribution is 2.36. The molecule has 0 N–H and O–H groups in total. The van der Waals surface area contributed by atoms with Crippen LogP contribution in [0.3, 0.4) is 0 Å². The molecular weight excluding hydrogens is 444 g/mol. The molecule has 2 fully saturated rings. The summed E-state index contributed by atoms with van der Waals surface area (Å²) in [5, 5.41) is 0. The number of rotatable bonds is 5. The molecule has 0 atom stereocenters. The highest BCUT2D eigenvalue weighted by molar-refractivity contribution is 6.62. The van der Waals surface area contributed by atoms with Gasteiger partial charge in [0, 0.05) is 19.6 Å². The molecule has 0 radical (unpaired) electrons. The van der Waals surface area contributed by atoms with Crippen molar-refractivity contribution in [2.45, 2.75) is 51.6 Å². The van der Waals surface area contributed by atoms with E-state index in [1.165, 1.54) is 0 Å². The quantitative estimate of drug-likeness (QED) is 0.618. The van der Waals surface area contributed by atoms with Gasteiger partial charge < -0.3 is 14.2 Å². The molecule has 9 heteroatoms. The fourth-order valence-corrected chi connectivity index (χ4v) is 4.15. The minimum Gasteiger partial charge on any atom is -0.399 e. The molecule has 2 aliphatic heterocycles. The fourth-order valence-electron chi connectivity index (χ4n) is 4.15. The molecule has 2 aliphatic rings. The van der Waals surface area contributed by atoms with Crippen LogP contribution in [0.1, 0.15) is 33.3 Å². The predicted octanol–water partition coefficient (Wildman–Crippen LogP) is 3.86. The lowest BCUT2D eigenvalue weighted by atomic mass is 9.78. The zero-order valence-electron chi connectivity index (χ0n) is 20.0. The number of halogens is 3. The first-order chi connectivity index (χ1) is 15.8. The SMILES string of the molecule is CC1(C)OB(c2ccc(-c3ccc(CN4CCN(CC(F)(F)F)CC4=O)cc3)cc2)OC1(C)C. The van der Waals surface area contributed by atoms with Gasteiger partial charge in [-0.15, -0.1) is 0 Å². The number of carbonyl (C=O) groups is 1. The van der Waals surface area contributed by atoms with Crippen LogP contribution in [0.25, 0.3) is 11.1 Å². The van der Waals surface area contributed by atoms with Crippen molar-refractivity contribution in [2.75, 3.05) is 26.2 Å². The third kappa shape index (κ3) is 5.48. The van der Waals surface area contributed by atoms with Crippen LogP contribution >= 0.6 is 0 Å². The van der Waals surface area contributed by atoms with Gasteiger partial charge in [0.1, 0.15) is 0 Å². The van der Waals surface area contributed by atoms with Crippen LogP contribution in [0, 0.1) is 0 Å².